The maximum Gasteiger partial charge on any atom is 0.261 e. The van der Waals surface area contributed by atoms with Gasteiger partial charge in [0.05, 0.1) is 10.9 Å². The number of carbonyl (C=O) groups excluding carboxylic acids is 1. The summed E-state index contributed by atoms with van der Waals surface area (Å²) in [5.41, 5.74) is 1.26. The van der Waals surface area contributed by atoms with Gasteiger partial charge in [-0.05, 0) is 57.7 Å². The van der Waals surface area contributed by atoms with Crippen molar-refractivity contribution in [3.8, 4) is 0 Å². The second-order valence-electron chi connectivity index (χ2n) is 8.76. The third-order valence-corrected chi connectivity index (χ3v) is 6.42. The van der Waals surface area contributed by atoms with Crippen LogP contribution in [0.1, 0.15) is 68.6 Å². The highest BCUT2D eigenvalue weighted by atomic mass is 16.1. The number of likely N-dealkylation sites (tertiary alicyclic amines) is 1. The molecule has 0 atom stereocenters. The number of fused-ring (bicyclic) bond motifs is 2. The first kappa shape index (κ1) is 20.1. The Balaban J connectivity index is 1.53. The van der Waals surface area contributed by atoms with Gasteiger partial charge in [-0.1, -0.05) is 12.8 Å². The van der Waals surface area contributed by atoms with Crippen molar-refractivity contribution in [2.75, 3.05) is 13.1 Å². The molecule has 2 aromatic rings. The van der Waals surface area contributed by atoms with E-state index in [0.29, 0.717) is 22.5 Å². The molecular weight excluding hydrogens is 364 g/mol. The summed E-state index contributed by atoms with van der Waals surface area (Å²) < 4.78 is 1.84. The quantitative estimate of drug-likeness (QED) is 0.866. The molecule has 3 heterocycles. The number of aryl methyl sites for hydroxylation is 1. The minimum atomic E-state index is -0.0662. The van der Waals surface area contributed by atoms with E-state index < -0.39 is 0 Å². The van der Waals surface area contributed by atoms with Crippen LogP contribution in [0.25, 0.3) is 10.9 Å². The summed E-state index contributed by atoms with van der Waals surface area (Å²) in [4.78, 5) is 33.0. The Kier molecular flexibility index (Phi) is 5.99. The molecule has 1 N–H and O–H groups in total. The number of carbonyl (C=O) groups is 1. The zero-order chi connectivity index (χ0) is 20.4. The highest BCUT2D eigenvalue weighted by Crippen LogP contribution is 2.18. The summed E-state index contributed by atoms with van der Waals surface area (Å²) in [7, 11) is 0. The number of amides is 1. The van der Waals surface area contributed by atoms with Gasteiger partial charge in [0.1, 0.15) is 5.82 Å². The predicted molar refractivity (Wildman–Crippen MR) is 115 cm³/mol. The lowest BCUT2D eigenvalue weighted by Crippen LogP contribution is -2.46. The van der Waals surface area contributed by atoms with Crippen LogP contribution in [0.5, 0.6) is 0 Å². The van der Waals surface area contributed by atoms with Crippen LogP contribution in [0.2, 0.25) is 0 Å². The average molecular weight is 397 g/mol. The van der Waals surface area contributed by atoms with E-state index in [0.717, 1.165) is 57.6 Å². The number of piperidine rings is 1. The zero-order valence-corrected chi connectivity index (χ0v) is 17.6. The second-order valence-corrected chi connectivity index (χ2v) is 8.76. The number of nitrogens with zero attached hydrogens (tertiary/aromatic N) is 3. The van der Waals surface area contributed by atoms with E-state index in [9.17, 15) is 9.59 Å². The maximum atomic E-state index is 12.9. The van der Waals surface area contributed by atoms with Crippen LogP contribution in [0, 0.1) is 0 Å². The van der Waals surface area contributed by atoms with Crippen molar-refractivity contribution in [1.29, 1.82) is 0 Å². The smallest absolute Gasteiger partial charge is 0.261 e. The van der Waals surface area contributed by atoms with Crippen molar-refractivity contribution in [3.63, 3.8) is 0 Å². The zero-order valence-electron chi connectivity index (χ0n) is 17.6. The van der Waals surface area contributed by atoms with Gasteiger partial charge in [0, 0.05) is 43.7 Å². The Hall–Kier alpha value is -2.21. The van der Waals surface area contributed by atoms with Crippen LogP contribution in [-0.2, 0) is 13.0 Å². The molecule has 1 fully saturated rings. The van der Waals surface area contributed by atoms with Gasteiger partial charge in [0.25, 0.3) is 11.5 Å². The van der Waals surface area contributed by atoms with Gasteiger partial charge in [-0.25, -0.2) is 4.98 Å². The summed E-state index contributed by atoms with van der Waals surface area (Å²) in [6, 6.07) is 6.08. The molecular formula is C23H32N4O2. The number of nitrogens with one attached hydrogen (secondary N) is 1. The maximum absolute atomic E-state index is 12.9. The molecule has 2 aliphatic heterocycles. The fourth-order valence-electron chi connectivity index (χ4n) is 4.57. The number of hydrogen-bond acceptors (Lipinski definition) is 4. The van der Waals surface area contributed by atoms with Gasteiger partial charge in [-0.3, -0.25) is 14.2 Å². The minimum Gasteiger partial charge on any atom is -0.349 e. The topological polar surface area (TPSA) is 67.2 Å². The fourth-order valence-corrected chi connectivity index (χ4v) is 4.57. The first-order valence-electron chi connectivity index (χ1n) is 11.1. The van der Waals surface area contributed by atoms with Gasteiger partial charge in [-0.15, -0.1) is 0 Å². The van der Waals surface area contributed by atoms with E-state index in [2.05, 4.69) is 24.1 Å². The molecule has 4 rings (SSSR count). The number of hydrogen-bond donors (Lipinski definition) is 1. The molecule has 0 bridgehead atoms. The highest BCUT2D eigenvalue weighted by molar-refractivity contribution is 5.97. The third kappa shape index (κ3) is 4.37. The summed E-state index contributed by atoms with van der Waals surface area (Å²) in [6.45, 7) is 7.21. The Morgan fingerprint density at radius 1 is 1.10 bits per heavy atom. The Morgan fingerprint density at radius 3 is 2.62 bits per heavy atom. The van der Waals surface area contributed by atoms with E-state index in [1.165, 1.54) is 12.8 Å². The van der Waals surface area contributed by atoms with Crippen LogP contribution in [0.15, 0.2) is 23.0 Å². The van der Waals surface area contributed by atoms with Crippen LogP contribution in [-0.4, -0.2) is 45.5 Å². The normalized spacial score (nSPS) is 19.0. The summed E-state index contributed by atoms with van der Waals surface area (Å²) >= 11 is 0. The molecule has 0 unspecified atom stereocenters. The van der Waals surface area contributed by atoms with Crippen molar-refractivity contribution in [2.45, 2.75) is 77.4 Å². The molecule has 1 aromatic heterocycles. The first-order valence-corrected chi connectivity index (χ1v) is 11.1. The number of aromatic nitrogens is 2. The van der Waals surface area contributed by atoms with Crippen LogP contribution < -0.4 is 10.9 Å². The van der Waals surface area contributed by atoms with E-state index in [1.807, 2.05) is 4.57 Å². The van der Waals surface area contributed by atoms with E-state index >= 15 is 0 Å². The van der Waals surface area contributed by atoms with Crippen molar-refractivity contribution in [1.82, 2.24) is 19.8 Å². The van der Waals surface area contributed by atoms with Crippen molar-refractivity contribution >= 4 is 16.8 Å². The molecule has 0 saturated carbocycles. The molecule has 1 aromatic carbocycles. The van der Waals surface area contributed by atoms with Gasteiger partial charge in [-0.2, -0.15) is 0 Å². The summed E-state index contributed by atoms with van der Waals surface area (Å²) in [5, 5.41) is 3.79. The molecule has 0 radical (unpaired) electrons. The fraction of sp³-hybridized carbons (Fsp3) is 0.609. The van der Waals surface area contributed by atoms with Crippen molar-refractivity contribution in [3.05, 3.63) is 39.9 Å². The SMILES string of the molecule is CC(C)N1CCC(NC(=O)c2ccc3c(=O)n4c(nc3c2)CCCCCC4)CC1. The van der Waals surface area contributed by atoms with Gasteiger partial charge >= 0.3 is 0 Å². The van der Waals surface area contributed by atoms with Crippen molar-refractivity contribution in [2.24, 2.45) is 0 Å². The number of rotatable bonds is 3. The molecule has 6 heteroatoms. The van der Waals surface area contributed by atoms with Crippen molar-refractivity contribution < 1.29 is 4.79 Å². The van der Waals surface area contributed by atoms with E-state index in [1.54, 1.807) is 18.2 Å². The summed E-state index contributed by atoms with van der Waals surface area (Å²) in [5.74, 6) is 0.796. The van der Waals surface area contributed by atoms with Gasteiger partial charge in [0.2, 0.25) is 0 Å². The lowest BCUT2D eigenvalue weighted by molar-refractivity contribution is 0.0901. The Morgan fingerprint density at radius 2 is 1.86 bits per heavy atom. The monoisotopic (exact) mass is 396 g/mol. The van der Waals surface area contributed by atoms with E-state index in [4.69, 9.17) is 4.98 Å². The molecule has 29 heavy (non-hydrogen) atoms. The Labute approximate surface area is 172 Å². The predicted octanol–water partition coefficient (Wildman–Crippen LogP) is 3.12. The van der Waals surface area contributed by atoms with Crippen LogP contribution >= 0.6 is 0 Å². The van der Waals surface area contributed by atoms with Crippen LogP contribution in [0.3, 0.4) is 0 Å². The average Bonchev–Trinajstić information content (AvgIpc) is 2.69. The molecule has 1 amide bonds. The standard InChI is InChI=1S/C23H32N4O2/c1-16(2)26-13-10-18(11-14-26)24-22(28)17-8-9-19-20(15-17)25-21-7-5-3-4-6-12-27(21)23(19)29/h8-9,15-16,18H,3-7,10-14H2,1-2H3,(H,24,28). The molecule has 6 nitrogen and oxygen atoms in total. The highest BCUT2D eigenvalue weighted by Gasteiger charge is 2.23. The van der Waals surface area contributed by atoms with Gasteiger partial charge < -0.3 is 10.2 Å². The lowest BCUT2D eigenvalue weighted by atomic mass is 10.0. The molecule has 1 saturated heterocycles. The molecule has 0 aliphatic carbocycles. The molecule has 0 spiro atoms. The first-order chi connectivity index (χ1) is 14.0. The van der Waals surface area contributed by atoms with Crippen LogP contribution in [0.4, 0.5) is 0 Å². The third-order valence-electron chi connectivity index (χ3n) is 6.42. The minimum absolute atomic E-state index is 0.0277. The number of benzene rings is 1. The molecule has 2 aliphatic rings. The largest absolute Gasteiger partial charge is 0.349 e. The van der Waals surface area contributed by atoms with Gasteiger partial charge in [0.15, 0.2) is 0 Å². The summed E-state index contributed by atoms with van der Waals surface area (Å²) in [6.07, 6.45) is 7.22. The molecule has 156 valence electrons. The Bertz CT molecular complexity index is 942. The second kappa shape index (κ2) is 8.66. The lowest BCUT2D eigenvalue weighted by Gasteiger charge is -2.34. The van der Waals surface area contributed by atoms with E-state index in [-0.39, 0.29) is 17.5 Å².